The molecule has 5 heteroatoms. The fraction of sp³-hybridized carbons (Fsp3) is 0.440. The molecule has 0 aromatic heterocycles. The van der Waals surface area contributed by atoms with E-state index in [1.165, 1.54) is 11.3 Å². The Morgan fingerprint density at radius 2 is 2.03 bits per heavy atom. The van der Waals surface area contributed by atoms with Gasteiger partial charge < -0.3 is 9.80 Å². The van der Waals surface area contributed by atoms with Gasteiger partial charge in [0.2, 0.25) is 0 Å². The number of fused-ring (bicyclic) bond motifs is 1. The van der Waals surface area contributed by atoms with Gasteiger partial charge in [-0.2, -0.15) is 5.10 Å². The molecule has 0 saturated heterocycles. The molecule has 1 aliphatic heterocycles. The second-order valence-electron chi connectivity index (χ2n) is 9.07. The molecule has 1 amide bonds. The average Bonchev–Trinajstić information content (AvgIpc) is 2.68. The minimum absolute atomic E-state index is 0.151. The maximum Gasteiger partial charge on any atom is 0.271 e. The van der Waals surface area contributed by atoms with E-state index in [9.17, 15) is 4.79 Å². The second kappa shape index (κ2) is 8.50. The summed E-state index contributed by atoms with van der Waals surface area (Å²) in [6, 6.07) is 12.0. The van der Waals surface area contributed by atoms with Gasteiger partial charge in [-0.3, -0.25) is 4.79 Å². The summed E-state index contributed by atoms with van der Waals surface area (Å²) in [6.07, 6.45) is 2.87. The van der Waals surface area contributed by atoms with Crippen LogP contribution in [0, 0.1) is 6.92 Å². The highest BCUT2D eigenvalue weighted by Crippen LogP contribution is 2.43. The van der Waals surface area contributed by atoms with E-state index in [0.29, 0.717) is 11.5 Å². The van der Waals surface area contributed by atoms with Crippen LogP contribution in [-0.2, 0) is 0 Å². The third kappa shape index (κ3) is 4.35. The summed E-state index contributed by atoms with van der Waals surface area (Å²) in [6.45, 7) is 12.2. The maximum atomic E-state index is 12.5. The molecule has 1 heterocycles. The quantitative estimate of drug-likeness (QED) is 0.565. The lowest BCUT2D eigenvalue weighted by Gasteiger charge is -2.47. The van der Waals surface area contributed by atoms with Crippen LogP contribution in [0.1, 0.15) is 67.1 Å². The first-order valence-corrected chi connectivity index (χ1v) is 10.7. The lowest BCUT2D eigenvalue weighted by Crippen LogP contribution is -2.48. The van der Waals surface area contributed by atoms with Crippen LogP contribution in [-0.4, -0.2) is 38.3 Å². The predicted molar refractivity (Wildman–Crippen MR) is 127 cm³/mol. The molecule has 0 saturated carbocycles. The smallest absolute Gasteiger partial charge is 0.271 e. The molecule has 0 bridgehead atoms. The summed E-state index contributed by atoms with van der Waals surface area (Å²) in [4.78, 5) is 16.9. The molecule has 3 rings (SSSR count). The van der Waals surface area contributed by atoms with Crippen molar-refractivity contribution < 1.29 is 4.79 Å². The van der Waals surface area contributed by atoms with Crippen molar-refractivity contribution in [3.63, 3.8) is 0 Å². The van der Waals surface area contributed by atoms with Crippen LogP contribution in [0.5, 0.6) is 0 Å². The number of nitrogens with zero attached hydrogens (tertiary/aromatic N) is 3. The maximum absolute atomic E-state index is 12.5. The Labute approximate surface area is 180 Å². The highest BCUT2D eigenvalue weighted by molar-refractivity contribution is 5.96. The summed E-state index contributed by atoms with van der Waals surface area (Å²) < 4.78 is 0. The van der Waals surface area contributed by atoms with E-state index < -0.39 is 0 Å². The molecular formula is C25H34N4O. The van der Waals surface area contributed by atoms with Gasteiger partial charge in [0.15, 0.2) is 0 Å². The van der Waals surface area contributed by atoms with Crippen LogP contribution in [0.2, 0.25) is 0 Å². The number of hydrazone groups is 1. The predicted octanol–water partition coefficient (Wildman–Crippen LogP) is 4.94. The van der Waals surface area contributed by atoms with Crippen LogP contribution in [0.4, 0.5) is 11.4 Å². The van der Waals surface area contributed by atoms with Gasteiger partial charge in [-0.15, -0.1) is 0 Å². The standard InChI is InChI=1S/C25H34N4O/c1-8-29-23-12-17(2)20(14-22(23)18(3)15-25(29,4)5)16-26-27-24(30)19-10-9-11-21(13-19)28(6)7/h9-14,16,18H,8,15H2,1-7H3,(H,27,30)/b26-16-. The minimum Gasteiger partial charge on any atom is -0.378 e. The van der Waals surface area contributed by atoms with Crippen molar-refractivity contribution >= 4 is 23.5 Å². The Kier molecular flexibility index (Phi) is 6.20. The number of nitrogens with one attached hydrogen (secondary N) is 1. The normalized spacial score (nSPS) is 17.7. The van der Waals surface area contributed by atoms with E-state index in [2.05, 4.69) is 62.2 Å². The van der Waals surface area contributed by atoms with Crippen molar-refractivity contribution in [2.24, 2.45) is 5.10 Å². The molecule has 2 aromatic rings. The lowest BCUT2D eigenvalue weighted by atomic mass is 9.79. The number of anilines is 2. The fourth-order valence-electron chi connectivity index (χ4n) is 4.54. The number of carbonyl (C=O) groups is 1. The summed E-state index contributed by atoms with van der Waals surface area (Å²) in [7, 11) is 3.91. The van der Waals surface area contributed by atoms with Gasteiger partial charge in [-0.1, -0.05) is 13.0 Å². The van der Waals surface area contributed by atoms with Gasteiger partial charge in [-0.05, 0) is 87.1 Å². The summed E-state index contributed by atoms with van der Waals surface area (Å²) in [5.41, 5.74) is 9.26. The number of aryl methyl sites for hydroxylation is 1. The first-order chi connectivity index (χ1) is 14.1. The van der Waals surface area contributed by atoms with Crippen LogP contribution in [0.3, 0.4) is 0 Å². The number of amides is 1. The highest BCUT2D eigenvalue weighted by Gasteiger charge is 2.35. The minimum atomic E-state index is -0.210. The van der Waals surface area contributed by atoms with E-state index in [4.69, 9.17) is 0 Å². The van der Waals surface area contributed by atoms with Crippen molar-refractivity contribution in [2.75, 3.05) is 30.4 Å². The van der Waals surface area contributed by atoms with Crippen LogP contribution >= 0.6 is 0 Å². The van der Waals surface area contributed by atoms with Crippen LogP contribution in [0.25, 0.3) is 0 Å². The van der Waals surface area contributed by atoms with Gasteiger partial charge in [0.05, 0.1) is 6.21 Å². The van der Waals surface area contributed by atoms with Crippen molar-refractivity contribution in [2.45, 2.75) is 52.5 Å². The van der Waals surface area contributed by atoms with Crippen molar-refractivity contribution in [3.05, 3.63) is 58.7 Å². The Hall–Kier alpha value is -2.82. The Morgan fingerprint density at radius 3 is 2.70 bits per heavy atom. The van der Waals surface area contributed by atoms with Gasteiger partial charge in [-0.25, -0.2) is 5.43 Å². The zero-order chi connectivity index (χ0) is 22.1. The van der Waals surface area contributed by atoms with E-state index in [-0.39, 0.29) is 11.4 Å². The summed E-state index contributed by atoms with van der Waals surface area (Å²) in [5.74, 6) is 0.270. The monoisotopic (exact) mass is 406 g/mol. The molecule has 1 atom stereocenters. The molecule has 30 heavy (non-hydrogen) atoms. The zero-order valence-electron chi connectivity index (χ0n) is 19.3. The third-order valence-corrected chi connectivity index (χ3v) is 6.08. The van der Waals surface area contributed by atoms with Crippen LogP contribution in [0.15, 0.2) is 41.5 Å². The zero-order valence-corrected chi connectivity index (χ0v) is 19.3. The van der Waals surface area contributed by atoms with E-state index in [1.807, 2.05) is 37.2 Å². The third-order valence-electron chi connectivity index (χ3n) is 6.08. The van der Waals surface area contributed by atoms with E-state index >= 15 is 0 Å². The highest BCUT2D eigenvalue weighted by atomic mass is 16.2. The summed E-state index contributed by atoms with van der Waals surface area (Å²) >= 11 is 0. The SMILES string of the molecule is CCN1c2cc(C)c(/C=N\NC(=O)c3cccc(N(C)C)c3)cc2C(C)CC1(C)C. The first-order valence-electron chi connectivity index (χ1n) is 10.7. The number of rotatable bonds is 5. The van der Waals surface area contributed by atoms with Crippen LogP contribution < -0.4 is 15.2 Å². The van der Waals surface area contributed by atoms with Crippen molar-refractivity contribution in [3.8, 4) is 0 Å². The Morgan fingerprint density at radius 1 is 1.30 bits per heavy atom. The second-order valence-corrected chi connectivity index (χ2v) is 9.07. The molecule has 5 nitrogen and oxygen atoms in total. The largest absolute Gasteiger partial charge is 0.378 e. The summed E-state index contributed by atoms with van der Waals surface area (Å²) in [5, 5.41) is 4.24. The fourth-order valence-corrected chi connectivity index (χ4v) is 4.54. The molecule has 0 fully saturated rings. The number of hydrogen-bond donors (Lipinski definition) is 1. The molecule has 0 spiro atoms. The molecule has 1 N–H and O–H groups in total. The van der Waals surface area contributed by atoms with Crippen molar-refractivity contribution in [1.29, 1.82) is 0 Å². The van der Waals surface area contributed by atoms with Gasteiger partial charge in [0.25, 0.3) is 5.91 Å². The molecule has 160 valence electrons. The first kappa shape index (κ1) is 21.9. The van der Waals surface area contributed by atoms with Crippen molar-refractivity contribution in [1.82, 2.24) is 5.43 Å². The van der Waals surface area contributed by atoms with Gasteiger partial charge >= 0.3 is 0 Å². The number of benzene rings is 2. The lowest BCUT2D eigenvalue weighted by molar-refractivity contribution is 0.0955. The molecule has 0 radical (unpaired) electrons. The van der Waals surface area contributed by atoms with Gasteiger partial charge in [0.1, 0.15) is 0 Å². The Balaban J connectivity index is 1.81. The van der Waals surface area contributed by atoms with E-state index in [1.54, 1.807) is 12.3 Å². The van der Waals surface area contributed by atoms with E-state index in [0.717, 1.165) is 29.8 Å². The molecule has 0 aliphatic carbocycles. The topological polar surface area (TPSA) is 47.9 Å². The van der Waals surface area contributed by atoms with Gasteiger partial charge in [0, 0.05) is 43.1 Å². The Bertz CT molecular complexity index is 962. The molecule has 2 aromatic carbocycles. The number of carbonyl (C=O) groups excluding carboxylic acids is 1. The molecule has 1 aliphatic rings. The average molecular weight is 407 g/mol. The molecular weight excluding hydrogens is 372 g/mol. The molecule has 1 unspecified atom stereocenters. The number of hydrogen-bond acceptors (Lipinski definition) is 4.